The lowest BCUT2D eigenvalue weighted by molar-refractivity contribution is 0.0476. The molecule has 0 aromatic rings. The Hall–Kier alpha value is -0.810. The molecule has 20 heavy (non-hydrogen) atoms. The van der Waals surface area contributed by atoms with Gasteiger partial charge in [0.15, 0.2) is 0 Å². The molecule has 0 bridgehead atoms. The Labute approximate surface area is 123 Å². The van der Waals surface area contributed by atoms with Crippen LogP contribution in [0.15, 0.2) is 0 Å². The van der Waals surface area contributed by atoms with Crippen molar-refractivity contribution in [3.8, 4) is 0 Å². The zero-order valence-corrected chi connectivity index (χ0v) is 13.8. The number of amides is 1. The van der Waals surface area contributed by atoms with E-state index >= 15 is 0 Å². The van der Waals surface area contributed by atoms with Crippen LogP contribution in [-0.2, 0) is 4.74 Å². The Morgan fingerprint density at radius 1 is 1.35 bits per heavy atom. The van der Waals surface area contributed by atoms with Crippen LogP contribution in [0.2, 0.25) is 0 Å². The first kappa shape index (κ1) is 17.2. The second-order valence-corrected chi connectivity index (χ2v) is 7.15. The third kappa shape index (κ3) is 4.94. The Kier molecular flexibility index (Phi) is 5.83. The van der Waals surface area contributed by atoms with E-state index in [0.717, 1.165) is 13.1 Å². The summed E-state index contributed by atoms with van der Waals surface area (Å²) in [6.45, 7) is 14.7. The van der Waals surface area contributed by atoms with Crippen molar-refractivity contribution in [2.24, 2.45) is 17.6 Å². The van der Waals surface area contributed by atoms with Gasteiger partial charge in [0.05, 0.1) is 0 Å². The summed E-state index contributed by atoms with van der Waals surface area (Å²) in [4.78, 5) is 14.2. The molecule has 1 aliphatic heterocycles. The smallest absolute Gasteiger partial charge is 0.407 e. The van der Waals surface area contributed by atoms with Gasteiger partial charge in [-0.3, -0.25) is 4.90 Å². The molecule has 1 amide bonds. The molecule has 1 aliphatic rings. The maximum atomic E-state index is 11.8. The van der Waals surface area contributed by atoms with Gasteiger partial charge in [-0.1, -0.05) is 13.8 Å². The fraction of sp³-hybridized carbons (Fsp3) is 0.933. The number of carbonyl (C=O) groups excluding carboxylic acids is 1. The first-order valence-corrected chi connectivity index (χ1v) is 7.57. The summed E-state index contributed by atoms with van der Waals surface area (Å²) in [7, 11) is 0. The highest BCUT2D eigenvalue weighted by Crippen LogP contribution is 2.24. The number of nitrogens with one attached hydrogen (secondary N) is 1. The number of rotatable bonds is 4. The molecule has 0 aromatic carbocycles. The second-order valence-electron chi connectivity index (χ2n) is 7.15. The van der Waals surface area contributed by atoms with E-state index in [2.05, 4.69) is 24.1 Å². The fourth-order valence-corrected chi connectivity index (χ4v) is 2.70. The van der Waals surface area contributed by atoms with E-state index < -0.39 is 5.60 Å². The van der Waals surface area contributed by atoms with E-state index in [4.69, 9.17) is 10.5 Å². The summed E-state index contributed by atoms with van der Waals surface area (Å²) in [5.41, 5.74) is 5.44. The SMILES string of the molecule is CC1CN(C(CN)C(C)NC(=O)OC(C)(C)C)CC1C. The van der Waals surface area contributed by atoms with Crippen molar-refractivity contribution in [2.75, 3.05) is 19.6 Å². The van der Waals surface area contributed by atoms with Gasteiger partial charge in [0, 0.05) is 31.7 Å². The Balaban J connectivity index is 2.55. The lowest BCUT2D eigenvalue weighted by atomic mass is 10.0. The lowest BCUT2D eigenvalue weighted by Crippen LogP contribution is -2.53. The molecule has 4 unspecified atom stereocenters. The number of carbonyl (C=O) groups is 1. The number of ether oxygens (including phenoxy) is 1. The first-order chi connectivity index (χ1) is 9.14. The predicted molar refractivity (Wildman–Crippen MR) is 81.6 cm³/mol. The van der Waals surface area contributed by atoms with Crippen LogP contribution in [-0.4, -0.2) is 48.3 Å². The van der Waals surface area contributed by atoms with Gasteiger partial charge in [0.2, 0.25) is 0 Å². The van der Waals surface area contributed by atoms with E-state index in [-0.39, 0.29) is 18.2 Å². The van der Waals surface area contributed by atoms with E-state index in [1.165, 1.54) is 0 Å². The van der Waals surface area contributed by atoms with Gasteiger partial charge in [0.1, 0.15) is 5.60 Å². The maximum Gasteiger partial charge on any atom is 0.407 e. The standard InChI is InChI=1S/C15H31N3O2/c1-10-8-18(9-11(10)2)13(7-16)12(3)17-14(19)20-15(4,5)6/h10-13H,7-9,16H2,1-6H3,(H,17,19). The Morgan fingerprint density at radius 3 is 2.25 bits per heavy atom. The second kappa shape index (κ2) is 6.76. The zero-order valence-electron chi connectivity index (χ0n) is 13.8. The highest BCUT2D eigenvalue weighted by Gasteiger charge is 2.33. The van der Waals surface area contributed by atoms with Crippen molar-refractivity contribution in [1.29, 1.82) is 0 Å². The summed E-state index contributed by atoms with van der Waals surface area (Å²) in [5, 5.41) is 2.91. The normalized spacial score (nSPS) is 27.1. The number of hydrogen-bond donors (Lipinski definition) is 2. The van der Waals surface area contributed by atoms with Gasteiger partial charge in [0.25, 0.3) is 0 Å². The first-order valence-electron chi connectivity index (χ1n) is 7.57. The van der Waals surface area contributed by atoms with Crippen molar-refractivity contribution < 1.29 is 9.53 Å². The van der Waals surface area contributed by atoms with E-state index in [1.54, 1.807) is 0 Å². The molecule has 1 heterocycles. The molecule has 1 saturated heterocycles. The minimum absolute atomic E-state index is 0.0210. The van der Waals surface area contributed by atoms with Gasteiger partial charge >= 0.3 is 6.09 Å². The molecule has 0 radical (unpaired) electrons. The minimum Gasteiger partial charge on any atom is -0.444 e. The van der Waals surface area contributed by atoms with E-state index in [1.807, 2.05) is 27.7 Å². The number of nitrogens with two attached hydrogens (primary N) is 1. The highest BCUT2D eigenvalue weighted by molar-refractivity contribution is 5.68. The third-order valence-corrected chi connectivity index (χ3v) is 4.05. The van der Waals surface area contributed by atoms with Crippen molar-refractivity contribution in [1.82, 2.24) is 10.2 Å². The van der Waals surface area contributed by atoms with Gasteiger partial charge in [-0.15, -0.1) is 0 Å². The molecule has 5 heteroatoms. The van der Waals surface area contributed by atoms with Gasteiger partial charge in [-0.05, 0) is 39.5 Å². The Bertz CT molecular complexity index is 318. The van der Waals surface area contributed by atoms with E-state index in [0.29, 0.717) is 18.4 Å². The lowest BCUT2D eigenvalue weighted by Gasteiger charge is -2.32. The van der Waals surface area contributed by atoms with Gasteiger partial charge in [-0.25, -0.2) is 4.79 Å². The molecular weight excluding hydrogens is 254 g/mol. The number of nitrogens with zero attached hydrogens (tertiary/aromatic N) is 1. The van der Waals surface area contributed by atoms with E-state index in [9.17, 15) is 4.79 Å². The summed E-state index contributed by atoms with van der Waals surface area (Å²) in [6.07, 6.45) is -0.372. The van der Waals surface area contributed by atoms with Crippen LogP contribution in [0.1, 0.15) is 41.5 Å². The fourth-order valence-electron chi connectivity index (χ4n) is 2.70. The van der Waals surface area contributed by atoms with Crippen LogP contribution in [0.5, 0.6) is 0 Å². The van der Waals surface area contributed by atoms with Crippen molar-refractivity contribution in [3.05, 3.63) is 0 Å². The van der Waals surface area contributed by atoms with Crippen molar-refractivity contribution in [2.45, 2.75) is 59.2 Å². The van der Waals surface area contributed by atoms with Crippen LogP contribution in [0.25, 0.3) is 0 Å². The highest BCUT2D eigenvalue weighted by atomic mass is 16.6. The largest absolute Gasteiger partial charge is 0.444 e. The van der Waals surface area contributed by atoms with Crippen molar-refractivity contribution in [3.63, 3.8) is 0 Å². The van der Waals surface area contributed by atoms with Crippen LogP contribution in [0, 0.1) is 11.8 Å². The molecule has 1 rings (SSSR count). The third-order valence-electron chi connectivity index (χ3n) is 4.05. The monoisotopic (exact) mass is 285 g/mol. The van der Waals surface area contributed by atoms with Crippen LogP contribution in [0.3, 0.4) is 0 Å². The maximum absolute atomic E-state index is 11.8. The number of alkyl carbamates (subject to hydrolysis) is 1. The number of likely N-dealkylation sites (tertiary alicyclic amines) is 1. The van der Waals surface area contributed by atoms with Crippen LogP contribution < -0.4 is 11.1 Å². The quantitative estimate of drug-likeness (QED) is 0.827. The van der Waals surface area contributed by atoms with Crippen LogP contribution in [0.4, 0.5) is 4.79 Å². The molecular formula is C15H31N3O2. The van der Waals surface area contributed by atoms with Crippen LogP contribution >= 0.6 is 0 Å². The summed E-state index contributed by atoms with van der Waals surface area (Å²) < 4.78 is 5.30. The average Bonchev–Trinajstić information content (AvgIpc) is 2.56. The summed E-state index contributed by atoms with van der Waals surface area (Å²) in [5.74, 6) is 1.36. The molecule has 1 fully saturated rings. The molecule has 4 atom stereocenters. The topological polar surface area (TPSA) is 67.6 Å². The number of hydrogen-bond acceptors (Lipinski definition) is 4. The average molecular weight is 285 g/mol. The molecule has 118 valence electrons. The summed E-state index contributed by atoms with van der Waals surface area (Å²) >= 11 is 0. The zero-order chi connectivity index (χ0) is 15.5. The molecule has 0 aliphatic carbocycles. The molecule has 0 aromatic heterocycles. The Morgan fingerprint density at radius 2 is 1.85 bits per heavy atom. The molecule has 5 nitrogen and oxygen atoms in total. The van der Waals surface area contributed by atoms with Gasteiger partial charge < -0.3 is 15.8 Å². The molecule has 0 saturated carbocycles. The molecule has 0 spiro atoms. The summed E-state index contributed by atoms with van der Waals surface area (Å²) in [6, 6.07) is 0.141. The molecule has 3 N–H and O–H groups in total. The van der Waals surface area contributed by atoms with Gasteiger partial charge in [-0.2, -0.15) is 0 Å². The predicted octanol–water partition coefficient (Wildman–Crippen LogP) is 1.81. The van der Waals surface area contributed by atoms with Crippen molar-refractivity contribution >= 4 is 6.09 Å². The minimum atomic E-state index is -0.474.